The van der Waals surface area contributed by atoms with Crippen molar-refractivity contribution in [1.82, 2.24) is 5.32 Å². The van der Waals surface area contributed by atoms with E-state index >= 15 is 0 Å². The van der Waals surface area contributed by atoms with Crippen LogP contribution in [0.15, 0.2) is 18.2 Å². The molecule has 104 valence electrons. The Kier molecular flexibility index (Phi) is 3.50. The van der Waals surface area contributed by atoms with Crippen molar-refractivity contribution in [2.24, 2.45) is 0 Å². The Morgan fingerprint density at radius 1 is 1.32 bits per heavy atom. The maximum atomic E-state index is 6.41. The molecular weight excluding hydrogens is 238 g/mol. The third-order valence-electron chi connectivity index (χ3n) is 4.54. The van der Waals surface area contributed by atoms with E-state index in [0.29, 0.717) is 0 Å². The zero-order valence-electron chi connectivity index (χ0n) is 11.9. The quantitative estimate of drug-likeness (QED) is 0.907. The molecule has 3 heteroatoms. The van der Waals surface area contributed by atoms with Crippen molar-refractivity contribution in [2.45, 2.75) is 44.8 Å². The second-order valence-corrected chi connectivity index (χ2v) is 5.59. The molecule has 19 heavy (non-hydrogen) atoms. The number of morpholine rings is 1. The van der Waals surface area contributed by atoms with Crippen LogP contribution >= 0.6 is 0 Å². The van der Waals surface area contributed by atoms with Crippen molar-refractivity contribution in [3.8, 4) is 5.75 Å². The fourth-order valence-electron chi connectivity index (χ4n) is 3.08. The molecular formula is C16H23NO2. The summed E-state index contributed by atoms with van der Waals surface area (Å²) in [5, 5.41) is 3.54. The second-order valence-electron chi connectivity index (χ2n) is 5.59. The number of rotatable bonds is 3. The second kappa shape index (κ2) is 5.14. The van der Waals surface area contributed by atoms with Crippen LogP contribution in [0.25, 0.3) is 0 Å². The van der Waals surface area contributed by atoms with E-state index in [1.165, 1.54) is 11.1 Å². The van der Waals surface area contributed by atoms with Gasteiger partial charge in [0.05, 0.1) is 18.3 Å². The molecule has 0 spiro atoms. The molecule has 3 nitrogen and oxygen atoms in total. The fraction of sp³-hybridized carbons (Fsp3) is 0.625. The summed E-state index contributed by atoms with van der Waals surface area (Å²) in [6.07, 6.45) is 3.30. The highest BCUT2D eigenvalue weighted by molar-refractivity contribution is 5.40. The summed E-state index contributed by atoms with van der Waals surface area (Å²) in [6, 6.07) is 6.50. The lowest BCUT2D eigenvalue weighted by atomic mass is 9.93. The number of hydrogen-bond acceptors (Lipinski definition) is 3. The highest BCUT2D eigenvalue weighted by atomic mass is 16.5. The van der Waals surface area contributed by atoms with Crippen LogP contribution in [0.3, 0.4) is 0 Å². The van der Waals surface area contributed by atoms with E-state index in [4.69, 9.17) is 9.47 Å². The SMILES string of the molecule is CCC1(CC)CNCC(c2ccc3c(c2)CCO3)O1. The zero-order valence-corrected chi connectivity index (χ0v) is 11.9. The molecule has 3 rings (SSSR count). The third kappa shape index (κ3) is 2.37. The Morgan fingerprint density at radius 3 is 2.95 bits per heavy atom. The first-order valence-electron chi connectivity index (χ1n) is 7.40. The maximum absolute atomic E-state index is 6.41. The van der Waals surface area contributed by atoms with Crippen LogP contribution in [0.2, 0.25) is 0 Å². The van der Waals surface area contributed by atoms with Crippen LogP contribution in [0, 0.1) is 0 Å². The van der Waals surface area contributed by atoms with E-state index in [1.54, 1.807) is 0 Å². The minimum absolute atomic E-state index is 0.00156. The topological polar surface area (TPSA) is 30.5 Å². The summed E-state index contributed by atoms with van der Waals surface area (Å²) in [5.41, 5.74) is 2.60. The molecule has 0 saturated carbocycles. The van der Waals surface area contributed by atoms with Crippen LogP contribution in [0.1, 0.15) is 43.9 Å². The van der Waals surface area contributed by atoms with Crippen LogP contribution in [-0.4, -0.2) is 25.3 Å². The summed E-state index contributed by atoms with van der Waals surface area (Å²) in [5.74, 6) is 1.05. The van der Waals surface area contributed by atoms with E-state index in [-0.39, 0.29) is 11.7 Å². The van der Waals surface area contributed by atoms with Crippen LogP contribution < -0.4 is 10.1 Å². The first kappa shape index (κ1) is 12.9. The lowest BCUT2D eigenvalue weighted by Gasteiger charge is -2.41. The van der Waals surface area contributed by atoms with Crippen molar-refractivity contribution in [3.05, 3.63) is 29.3 Å². The van der Waals surface area contributed by atoms with Gasteiger partial charge in [-0.1, -0.05) is 19.9 Å². The van der Waals surface area contributed by atoms with Crippen LogP contribution in [0.4, 0.5) is 0 Å². The third-order valence-corrected chi connectivity index (χ3v) is 4.54. The van der Waals surface area contributed by atoms with Crippen molar-refractivity contribution in [3.63, 3.8) is 0 Å². The van der Waals surface area contributed by atoms with Gasteiger partial charge in [0.15, 0.2) is 0 Å². The van der Waals surface area contributed by atoms with Crippen molar-refractivity contribution in [1.29, 1.82) is 0 Å². The summed E-state index contributed by atoms with van der Waals surface area (Å²) in [7, 11) is 0. The Hall–Kier alpha value is -1.06. The van der Waals surface area contributed by atoms with E-state index in [2.05, 4.69) is 37.4 Å². The molecule has 0 aliphatic carbocycles. The Balaban J connectivity index is 1.82. The Bertz CT molecular complexity index is 454. The van der Waals surface area contributed by atoms with Crippen molar-refractivity contribution < 1.29 is 9.47 Å². The van der Waals surface area contributed by atoms with Gasteiger partial charge in [-0.05, 0) is 36.1 Å². The number of nitrogens with one attached hydrogen (secondary N) is 1. The van der Waals surface area contributed by atoms with Crippen molar-refractivity contribution in [2.75, 3.05) is 19.7 Å². The van der Waals surface area contributed by atoms with E-state index in [9.17, 15) is 0 Å². The monoisotopic (exact) mass is 261 g/mol. The number of ether oxygens (including phenoxy) is 2. The highest BCUT2D eigenvalue weighted by Crippen LogP contribution is 2.34. The molecule has 1 fully saturated rings. The van der Waals surface area contributed by atoms with E-state index in [0.717, 1.165) is 44.7 Å². The Morgan fingerprint density at radius 2 is 2.16 bits per heavy atom. The van der Waals surface area contributed by atoms with Gasteiger partial charge in [0.2, 0.25) is 0 Å². The van der Waals surface area contributed by atoms with Gasteiger partial charge < -0.3 is 14.8 Å². The van der Waals surface area contributed by atoms with Crippen molar-refractivity contribution >= 4 is 0 Å². The molecule has 2 heterocycles. The Labute approximate surface area is 115 Å². The molecule has 1 aromatic rings. The van der Waals surface area contributed by atoms with Gasteiger partial charge in [-0.3, -0.25) is 0 Å². The lowest BCUT2D eigenvalue weighted by molar-refractivity contribution is -0.122. The molecule has 1 unspecified atom stereocenters. The van der Waals surface area contributed by atoms with Gasteiger partial charge in [-0.25, -0.2) is 0 Å². The predicted octanol–water partition coefficient (Wildman–Crippen LogP) is 2.84. The fourth-order valence-corrected chi connectivity index (χ4v) is 3.08. The average Bonchev–Trinajstić information content (AvgIpc) is 2.94. The predicted molar refractivity (Wildman–Crippen MR) is 75.6 cm³/mol. The first-order valence-corrected chi connectivity index (χ1v) is 7.40. The summed E-state index contributed by atoms with van der Waals surface area (Å²) >= 11 is 0. The van der Waals surface area contributed by atoms with Gasteiger partial charge in [0.1, 0.15) is 5.75 Å². The van der Waals surface area contributed by atoms with Gasteiger partial charge in [0, 0.05) is 19.5 Å². The summed E-state index contributed by atoms with van der Waals surface area (Å²) < 4.78 is 12.0. The molecule has 0 amide bonds. The van der Waals surface area contributed by atoms with Gasteiger partial charge >= 0.3 is 0 Å². The zero-order chi connectivity index (χ0) is 13.3. The maximum Gasteiger partial charge on any atom is 0.122 e. The molecule has 1 aromatic carbocycles. The lowest BCUT2D eigenvalue weighted by Crippen LogP contribution is -2.50. The molecule has 0 radical (unpaired) electrons. The molecule has 0 bridgehead atoms. The van der Waals surface area contributed by atoms with Crippen LogP contribution in [0.5, 0.6) is 5.75 Å². The number of hydrogen-bond donors (Lipinski definition) is 1. The molecule has 0 aromatic heterocycles. The van der Waals surface area contributed by atoms with E-state index < -0.39 is 0 Å². The molecule has 2 aliphatic heterocycles. The van der Waals surface area contributed by atoms with Gasteiger partial charge in [-0.2, -0.15) is 0 Å². The highest BCUT2D eigenvalue weighted by Gasteiger charge is 2.34. The number of fused-ring (bicyclic) bond motifs is 1. The van der Waals surface area contributed by atoms with Gasteiger partial charge in [-0.15, -0.1) is 0 Å². The average molecular weight is 261 g/mol. The van der Waals surface area contributed by atoms with Crippen LogP contribution in [-0.2, 0) is 11.2 Å². The largest absolute Gasteiger partial charge is 0.493 e. The molecule has 1 N–H and O–H groups in total. The summed E-state index contributed by atoms with van der Waals surface area (Å²) in [4.78, 5) is 0. The number of benzene rings is 1. The standard InChI is InChI=1S/C16H23NO2/c1-3-16(4-2)11-17-10-15(19-16)12-5-6-14-13(9-12)7-8-18-14/h5-6,9,15,17H,3-4,7-8,10-11H2,1-2H3. The minimum atomic E-state index is -0.00156. The normalized spacial score (nSPS) is 24.8. The van der Waals surface area contributed by atoms with Gasteiger partial charge in [0.25, 0.3) is 0 Å². The molecule has 2 aliphatic rings. The minimum Gasteiger partial charge on any atom is -0.493 e. The summed E-state index contributed by atoms with van der Waals surface area (Å²) in [6.45, 7) is 7.11. The van der Waals surface area contributed by atoms with E-state index in [1.807, 2.05) is 0 Å². The molecule has 1 atom stereocenters. The first-order chi connectivity index (χ1) is 9.26. The smallest absolute Gasteiger partial charge is 0.122 e. The molecule has 1 saturated heterocycles.